The zero-order chi connectivity index (χ0) is 14.5. The normalized spacial score (nSPS) is 10.3. The molecule has 0 amide bonds. The summed E-state index contributed by atoms with van der Waals surface area (Å²) < 4.78 is 24.7. The largest absolute Gasteiger partial charge is 0.493 e. The molecule has 0 aliphatic heterocycles. The number of benzene rings is 2. The summed E-state index contributed by atoms with van der Waals surface area (Å²) in [6, 6.07) is 9.78. The first-order chi connectivity index (χ1) is 9.58. The van der Waals surface area contributed by atoms with Gasteiger partial charge in [0.15, 0.2) is 11.6 Å². The smallest absolute Gasteiger partial charge is 0.165 e. The molecule has 2 N–H and O–H groups in total. The second-order valence-corrected chi connectivity index (χ2v) is 4.62. The van der Waals surface area contributed by atoms with Crippen LogP contribution in [-0.4, -0.2) is 6.61 Å². The Kier molecular flexibility index (Phi) is 4.45. The van der Waals surface area contributed by atoms with Gasteiger partial charge in [-0.3, -0.25) is 0 Å². The van der Waals surface area contributed by atoms with Crippen molar-refractivity contribution in [3.05, 3.63) is 47.8 Å². The summed E-state index contributed by atoms with van der Waals surface area (Å²) >= 11 is 0. The molecule has 2 rings (SSSR count). The molecule has 0 saturated heterocycles. The number of nitrogen functional groups attached to an aromatic ring is 1. The topological polar surface area (TPSA) is 44.5 Å². The zero-order valence-electron chi connectivity index (χ0n) is 11.7. The van der Waals surface area contributed by atoms with Crippen molar-refractivity contribution >= 4 is 5.69 Å². The fourth-order valence-corrected chi connectivity index (χ4v) is 1.77. The lowest BCUT2D eigenvalue weighted by Gasteiger charge is -2.11. The quantitative estimate of drug-likeness (QED) is 0.827. The molecule has 0 saturated carbocycles. The Morgan fingerprint density at radius 2 is 1.85 bits per heavy atom. The number of rotatable bonds is 5. The van der Waals surface area contributed by atoms with Crippen molar-refractivity contribution in [2.45, 2.75) is 20.3 Å². The number of anilines is 1. The van der Waals surface area contributed by atoms with Crippen molar-refractivity contribution in [1.29, 1.82) is 0 Å². The van der Waals surface area contributed by atoms with E-state index in [0.717, 1.165) is 12.0 Å². The van der Waals surface area contributed by atoms with Gasteiger partial charge in [-0.05, 0) is 31.0 Å². The lowest BCUT2D eigenvalue weighted by molar-refractivity contribution is 0.316. The van der Waals surface area contributed by atoms with Crippen LogP contribution in [0, 0.1) is 12.7 Å². The predicted molar refractivity (Wildman–Crippen MR) is 77.9 cm³/mol. The molecule has 0 spiro atoms. The van der Waals surface area contributed by atoms with Crippen LogP contribution in [-0.2, 0) is 0 Å². The number of hydrogen-bond acceptors (Lipinski definition) is 3. The van der Waals surface area contributed by atoms with Crippen LogP contribution in [0.2, 0.25) is 0 Å². The van der Waals surface area contributed by atoms with Crippen molar-refractivity contribution in [2.75, 3.05) is 12.3 Å². The summed E-state index contributed by atoms with van der Waals surface area (Å²) in [7, 11) is 0. The van der Waals surface area contributed by atoms with E-state index >= 15 is 0 Å². The van der Waals surface area contributed by atoms with Crippen LogP contribution < -0.4 is 15.2 Å². The zero-order valence-corrected chi connectivity index (χ0v) is 11.7. The Labute approximate surface area is 118 Å². The fraction of sp³-hybridized carbons (Fsp3) is 0.250. The van der Waals surface area contributed by atoms with Crippen LogP contribution in [0.25, 0.3) is 0 Å². The van der Waals surface area contributed by atoms with Gasteiger partial charge in [0.1, 0.15) is 11.5 Å². The molecule has 2 aromatic rings. The van der Waals surface area contributed by atoms with Crippen molar-refractivity contribution in [1.82, 2.24) is 0 Å². The third-order valence-corrected chi connectivity index (χ3v) is 2.69. The summed E-state index contributed by atoms with van der Waals surface area (Å²) in [6.07, 6.45) is 0.900. The number of hydrogen-bond donors (Lipinski definition) is 1. The highest BCUT2D eigenvalue weighted by Gasteiger charge is 2.07. The van der Waals surface area contributed by atoms with Gasteiger partial charge >= 0.3 is 0 Å². The number of ether oxygens (including phenoxy) is 2. The molecule has 0 aliphatic carbocycles. The lowest BCUT2D eigenvalue weighted by atomic mass is 10.2. The Bertz CT molecular complexity index is 599. The van der Waals surface area contributed by atoms with E-state index in [2.05, 4.69) is 0 Å². The number of halogens is 1. The van der Waals surface area contributed by atoms with Crippen LogP contribution in [0.15, 0.2) is 36.4 Å². The van der Waals surface area contributed by atoms with Gasteiger partial charge in [-0.2, -0.15) is 0 Å². The minimum atomic E-state index is -0.408. The maximum Gasteiger partial charge on any atom is 0.165 e. The average molecular weight is 275 g/mol. The minimum Gasteiger partial charge on any atom is -0.493 e. The molecule has 0 aromatic heterocycles. The van der Waals surface area contributed by atoms with Gasteiger partial charge in [-0.25, -0.2) is 4.39 Å². The summed E-state index contributed by atoms with van der Waals surface area (Å²) in [6.45, 7) is 4.50. The Morgan fingerprint density at radius 3 is 2.60 bits per heavy atom. The third-order valence-electron chi connectivity index (χ3n) is 2.69. The highest BCUT2D eigenvalue weighted by atomic mass is 19.1. The molecule has 4 heteroatoms. The molecule has 3 nitrogen and oxygen atoms in total. The monoisotopic (exact) mass is 275 g/mol. The molecular weight excluding hydrogens is 257 g/mol. The van der Waals surface area contributed by atoms with E-state index in [-0.39, 0.29) is 5.75 Å². The fourth-order valence-electron chi connectivity index (χ4n) is 1.77. The Hall–Kier alpha value is -2.23. The first kappa shape index (κ1) is 14.2. The van der Waals surface area contributed by atoms with E-state index in [1.54, 1.807) is 30.3 Å². The molecule has 0 radical (unpaired) electrons. The molecule has 0 fully saturated rings. The highest BCUT2D eigenvalue weighted by molar-refractivity contribution is 5.51. The molecule has 0 aliphatic rings. The molecule has 0 heterocycles. The first-order valence-electron chi connectivity index (χ1n) is 6.56. The number of aryl methyl sites for hydroxylation is 1. The molecule has 2 aromatic carbocycles. The third kappa shape index (κ3) is 3.63. The van der Waals surface area contributed by atoms with E-state index < -0.39 is 5.82 Å². The maximum absolute atomic E-state index is 13.7. The van der Waals surface area contributed by atoms with Gasteiger partial charge in [0.2, 0.25) is 0 Å². The molecule has 0 bridgehead atoms. The van der Waals surface area contributed by atoms with Gasteiger partial charge < -0.3 is 15.2 Å². The van der Waals surface area contributed by atoms with Crippen LogP contribution in [0.3, 0.4) is 0 Å². The van der Waals surface area contributed by atoms with E-state index in [0.29, 0.717) is 23.8 Å². The van der Waals surface area contributed by atoms with Crippen LogP contribution in [0.5, 0.6) is 17.2 Å². The van der Waals surface area contributed by atoms with Crippen molar-refractivity contribution in [3.8, 4) is 17.2 Å². The van der Waals surface area contributed by atoms with Gasteiger partial charge in [0, 0.05) is 23.9 Å². The van der Waals surface area contributed by atoms with Crippen LogP contribution >= 0.6 is 0 Å². The van der Waals surface area contributed by atoms with Crippen LogP contribution in [0.1, 0.15) is 18.9 Å². The molecular formula is C16H18FNO2. The second-order valence-electron chi connectivity index (χ2n) is 4.62. The highest BCUT2D eigenvalue weighted by Crippen LogP contribution is 2.30. The first-order valence-corrected chi connectivity index (χ1v) is 6.56. The van der Waals surface area contributed by atoms with Crippen LogP contribution in [0.4, 0.5) is 10.1 Å². The Morgan fingerprint density at radius 1 is 1.10 bits per heavy atom. The minimum absolute atomic E-state index is 0.178. The summed E-state index contributed by atoms with van der Waals surface area (Å²) in [5.41, 5.74) is 7.24. The molecule has 106 valence electrons. The molecule has 20 heavy (non-hydrogen) atoms. The predicted octanol–water partition coefficient (Wildman–Crippen LogP) is 4.30. The van der Waals surface area contributed by atoms with Gasteiger partial charge in [-0.1, -0.05) is 13.0 Å². The van der Waals surface area contributed by atoms with E-state index in [1.807, 2.05) is 13.8 Å². The standard InChI is InChI=1S/C16H18FNO2/c1-3-6-19-13-8-12(18)9-14(10-13)20-16-7-11(2)4-5-15(16)17/h4-5,7-10H,3,6,18H2,1-2H3. The summed E-state index contributed by atoms with van der Waals surface area (Å²) in [5.74, 6) is 0.849. The average Bonchev–Trinajstić information content (AvgIpc) is 2.40. The van der Waals surface area contributed by atoms with Gasteiger partial charge in [-0.15, -0.1) is 0 Å². The summed E-state index contributed by atoms with van der Waals surface area (Å²) in [5, 5.41) is 0. The van der Waals surface area contributed by atoms with Crippen molar-refractivity contribution in [2.24, 2.45) is 0 Å². The maximum atomic E-state index is 13.7. The Balaban J connectivity index is 2.24. The van der Waals surface area contributed by atoms with Crippen molar-refractivity contribution in [3.63, 3.8) is 0 Å². The van der Waals surface area contributed by atoms with Gasteiger partial charge in [0.25, 0.3) is 0 Å². The van der Waals surface area contributed by atoms with Gasteiger partial charge in [0.05, 0.1) is 6.61 Å². The molecule has 0 unspecified atom stereocenters. The van der Waals surface area contributed by atoms with Crippen molar-refractivity contribution < 1.29 is 13.9 Å². The number of nitrogens with two attached hydrogens (primary N) is 1. The second kappa shape index (κ2) is 6.28. The summed E-state index contributed by atoms with van der Waals surface area (Å²) in [4.78, 5) is 0. The SMILES string of the molecule is CCCOc1cc(N)cc(Oc2cc(C)ccc2F)c1. The van der Waals surface area contributed by atoms with E-state index in [1.165, 1.54) is 6.07 Å². The van der Waals surface area contributed by atoms with E-state index in [9.17, 15) is 4.39 Å². The molecule has 0 atom stereocenters. The lowest BCUT2D eigenvalue weighted by Crippen LogP contribution is -1.97. The van der Waals surface area contributed by atoms with E-state index in [4.69, 9.17) is 15.2 Å².